The highest BCUT2D eigenvalue weighted by molar-refractivity contribution is 5.69. The molecular weight excluding hydrogens is 238 g/mol. The Morgan fingerprint density at radius 2 is 1.89 bits per heavy atom. The van der Waals surface area contributed by atoms with E-state index in [1.54, 1.807) is 0 Å². The molecule has 0 aromatic carbocycles. The molecule has 19 heavy (non-hydrogen) atoms. The van der Waals surface area contributed by atoms with E-state index in [0.29, 0.717) is 13.0 Å². The molecule has 0 heterocycles. The third kappa shape index (κ3) is 12.2. The van der Waals surface area contributed by atoms with Gasteiger partial charge in [0.1, 0.15) is 0 Å². The van der Waals surface area contributed by atoms with Crippen LogP contribution in [0.2, 0.25) is 0 Å². The van der Waals surface area contributed by atoms with Crippen molar-refractivity contribution < 1.29 is 9.53 Å². The van der Waals surface area contributed by atoms with Gasteiger partial charge in [-0.1, -0.05) is 39.5 Å². The fraction of sp³-hybridized carbons (Fsp3) is 0.938. The number of carbonyl (C=O) groups is 1. The minimum atomic E-state index is -0.0546. The average Bonchev–Trinajstić information content (AvgIpc) is 2.41. The van der Waals surface area contributed by atoms with Gasteiger partial charge in [0.05, 0.1) is 6.61 Å². The lowest BCUT2D eigenvalue weighted by Crippen LogP contribution is -2.23. The summed E-state index contributed by atoms with van der Waals surface area (Å²) in [5, 5.41) is 3.54. The van der Waals surface area contributed by atoms with Crippen LogP contribution in [-0.2, 0) is 9.53 Å². The zero-order valence-corrected chi connectivity index (χ0v) is 13.2. The predicted molar refractivity (Wildman–Crippen MR) is 81.3 cm³/mol. The summed E-state index contributed by atoms with van der Waals surface area (Å²) in [7, 11) is 0. The maximum Gasteiger partial charge on any atom is 0.305 e. The first-order valence-electron chi connectivity index (χ1n) is 8.10. The first kappa shape index (κ1) is 18.4. The van der Waals surface area contributed by atoms with Gasteiger partial charge >= 0.3 is 5.97 Å². The SMILES string of the molecule is CCCCC(CC)CNCCCCCC(=O)OCC. The Morgan fingerprint density at radius 3 is 2.53 bits per heavy atom. The second-order valence-electron chi connectivity index (χ2n) is 5.24. The molecule has 0 aliphatic rings. The molecular formula is C16H33NO2. The highest BCUT2D eigenvalue weighted by Gasteiger charge is 2.05. The van der Waals surface area contributed by atoms with Crippen molar-refractivity contribution in [2.45, 2.75) is 72.1 Å². The molecule has 0 aromatic heterocycles. The van der Waals surface area contributed by atoms with Gasteiger partial charge in [-0.05, 0) is 45.2 Å². The molecule has 0 spiro atoms. The van der Waals surface area contributed by atoms with E-state index in [-0.39, 0.29) is 5.97 Å². The van der Waals surface area contributed by atoms with E-state index in [0.717, 1.165) is 38.3 Å². The largest absolute Gasteiger partial charge is 0.466 e. The van der Waals surface area contributed by atoms with Gasteiger partial charge in [-0.15, -0.1) is 0 Å². The Morgan fingerprint density at radius 1 is 1.11 bits per heavy atom. The highest BCUT2D eigenvalue weighted by atomic mass is 16.5. The standard InChI is InChI=1S/C16H33NO2/c1-4-7-11-15(5-2)14-17-13-10-8-9-12-16(18)19-6-3/h15,17H,4-14H2,1-3H3. The third-order valence-electron chi connectivity index (χ3n) is 3.52. The van der Waals surface area contributed by atoms with Crippen LogP contribution < -0.4 is 5.32 Å². The number of nitrogens with one attached hydrogen (secondary N) is 1. The van der Waals surface area contributed by atoms with Gasteiger partial charge < -0.3 is 10.1 Å². The summed E-state index contributed by atoms with van der Waals surface area (Å²) < 4.78 is 4.90. The minimum absolute atomic E-state index is 0.0546. The number of carbonyl (C=O) groups excluding carboxylic acids is 1. The molecule has 1 unspecified atom stereocenters. The van der Waals surface area contributed by atoms with Gasteiger partial charge in [0.25, 0.3) is 0 Å². The van der Waals surface area contributed by atoms with Crippen LogP contribution in [0.5, 0.6) is 0 Å². The van der Waals surface area contributed by atoms with Gasteiger partial charge in [-0.3, -0.25) is 4.79 Å². The zero-order valence-electron chi connectivity index (χ0n) is 13.2. The van der Waals surface area contributed by atoms with Gasteiger partial charge in [0.15, 0.2) is 0 Å². The fourth-order valence-electron chi connectivity index (χ4n) is 2.18. The topological polar surface area (TPSA) is 38.3 Å². The molecule has 3 heteroatoms. The maximum absolute atomic E-state index is 11.1. The maximum atomic E-state index is 11.1. The van der Waals surface area contributed by atoms with E-state index in [4.69, 9.17) is 4.74 Å². The van der Waals surface area contributed by atoms with Gasteiger partial charge in [-0.2, -0.15) is 0 Å². The summed E-state index contributed by atoms with van der Waals surface area (Å²) in [6.45, 7) is 9.10. The van der Waals surface area contributed by atoms with Gasteiger partial charge in [0, 0.05) is 6.42 Å². The molecule has 1 atom stereocenters. The normalized spacial score (nSPS) is 12.4. The summed E-state index contributed by atoms with van der Waals surface area (Å²) in [5.41, 5.74) is 0. The number of rotatable bonds is 13. The smallest absolute Gasteiger partial charge is 0.305 e. The van der Waals surface area contributed by atoms with E-state index < -0.39 is 0 Å². The summed E-state index contributed by atoms with van der Waals surface area (Å²) in [6.07, 6.45) is 9.06. The van der Waals surface area contributed by atoms with E-state index in [2.05, 4.69) is 19.2 Å². The molecule has 0 aromatic rings. The number of hydrogen-bond acceptors (Lipinski definition) is 3. The van der Waals surface area contributed by atoms with Crippen molar-refractivity contribution in [1.29, 1.82) is 0 Å². The van der Waals surface area contributed by atoms with Crippen molar-refractivity contribution in [3.05, 3.63) is 0 Å². The van der Waals surface area contributed by atoms with E-state index >= 15 is 0 Å². The van der Waals surface area contributed by atoms with Crippen molar-refractivity contribution >= 4 is 5.97 Å². The predicted octanol–water partition coefficient (Wildman–Crippen LogP) is 3.92. The van der Waals surface area contributed by atoms with Crippen LogP contribution in [-0.4, -0.2) is 25.7 Å². The molecule has 0 radical (unpaired) electrons. The Bertz CT molecular complexity index is 207. The van der Waals surface area contributed by atoms with E-state index in [1.165, 1.54) is 25.7 Å². The molecule has 114 valence electrons. The second kappa shape index (κ2) is 13.9. The number of ether oxygens (including phenoxy) is 1. The monoisotopic (exact) mass is 271 g/mol. The van der Waals surface area contributed by atoms with Crippen LogP contribution >= 0.6 is 0 Å². The molecule has 3 nitrogen and oxygen atoms in total. The molecule has 1 N–H and O–H groups in total. The van der Waals surface area contributed by atoms with Crippen molar-refractivity contribution in [2.24, 2.45) is 5.92 Å². The third-order valence-corrected chi connectivity index (χ3v) is 3.52. The Hall–Kier alpha value is -0.570. The van der Waals surface area contributed by atoms with Crippen LogP contribution in [0, 0.1) is 5.92 Å². The lowest BCUT2D eigenvalue weighted by molar-refractivity contribution is -0.143. The van der Waals surface area contributed by atoms with Gasteiger partial charge in [-0.25, -0.2) is 0 Å². The van der Waals surface area contributed by atoms with Crippen molar-refractivity contribution in [3.8, 4) is 0 Å². The lowest BCUT2D eigenvalue weighted by atomic mass is 9.99. The summed E-state index contributed by atoms with van der Waals surface area (Å²) in [4.78, 5) is 11.1. The van der Waals surface area contributed by atoms with Crippen molar-refractivity contribution in [3.63, 3.8) is 0 Å². The molecule has 0 saturated carbocycles. The summed E-state index contributed by atoms with van der Waals surface area (Å²) in [6, 6.07) is 0. The number of esters is 1. The highest BCUT2D eigenvalue weighted by Crippen LogP contribution is 2.11. The average molecular weight is 271 g/mol. The molecule has 0 bridgehead atoms. The van der Waals surface area contributed by atoms with Crippen molar-refractivity contribution in [2.75, 3.05) is 19.7 Å². The molecule has 0 aliphatic heterocycles. The van der Waals surface area contributed by atoms with Crippen LogP contribution in [0.4, 0.5) is 0 Å². The first-order chi connectivity index (χ1) is 9.24. The Balaban J connectivity index is 3.31. The minimum Gasteiger partial charge on any atom is -0.466 e. The van der Waals surface area contributed by atoms with Crippen LogP contribution in [0.15, 0.2) is 0 Å². The second-order valence-corrected chi connectivity index (χ2v) is 5.24. The van der Waals surface area contributed by atoms with Gasteiger partial charge in [0.2, 0.25) is 0 Å². The van der Waals surface area contributed by atoms with E-state index in [1.807, 2.05) is 6.92 Å². The molecule has 0 saturated heterocycles. The first-order valence-corrected chi connectivity index (χ1v) is 8.10. The Labute approximate surface area is 119 Å². The Kier molecular flexibility index (Phi) is 13.4. The summed E-state index contributed by atoms with van der Waals surface area (Å²) >= 11 is 0. The number of unbranched alkanes of at least 4 members (excludes halogenated alkanes) is 3. The molecule has 0 aliphatic carbocycles. The lowest BCUT2D eigenvalue weighted by Gasteiger charge is -2.15. The van der Waals surface area contributed by atoms with Crippen molar-refractivity contribution in [1.82, 2.24) is 5.32 Å². The van der Waals surface area contributed by atoms with Crippen LogP contribution in [0.3, 0.4) is 0 Å². The van der Waals surface area contributed by atoms with E-state index in [9.17, 15) is 4.79 Å². The van der Waals surface area contributed by atoms with Crippen LogP contribution in [0.1, 0.15) is 72.1 Å². The zero-order chi connectivity index (χ0) is 14.3. The fourth-order valence-corrected chi connectivity index (χ4v) is 2.18. The molecule has 0 rings (SSSR count). The molecule has 0 amide bonds. The molecule has 0 fully saturated rings. The van der Waals surface area contributed by atoms with Crippen LogP contribution in [0.25, 0.3) is 0 Å². The quantitative estimate of drug-likeness (QED) is 0.407. The number of hydrogen-bond donors (Lipinski definition) is 1. The summed E-state index contributed by atoms with van der Waals surface area (Å²) in [5.74, 6) is 0.778.